The van der Waals surface area contributed by atoms with Gasteiger partial charge < -0.3 is 10.2 Å². The molecule has 0 spiro atoms. The van der Waals surface area contributed by atoms with Gasteiger partial charge in [0.15, 0.2) is 0 Å². The first-order valence-corrected chi connectivity index (χ1v) is 9.66. The van der Waals surface area contributed by atoms with Crippen LogP contribution in [-0.2, 0) is 11.2 Å². The van der Waals surface area contributed by atoms with Gasteiger partial charge >= 0.3 is 0 Å². The summed E-state index contributed by atoms with van der Waals surface area (Å²) in [7, 11) is 0. The second-order valence-electron chi connectivity index (χ2n) is 7.39. The molecule has 1 fully saturated rings. The van der Waals surface area contributed by atoms with Crippen LogP contribution in [0.4, 0.5) is 5.82 Å². The Labute approximate surface area is 160 Å². The number of anilines is 1. The molecule has 3 rings (SSSR count). The molecule has 2 amide bonds. The minimum Gasteiger partial charge on any atom is -0.336 e. The van der Waals surface area contributed by atoms with E-state index in [4.69, 9.17) is 0 Å². The van der Waals surface area contributed by atoms with Crippen molar-refractivity contribution in [3.8, 4) is 0 Å². The van der Waals surface area contributed by atoms with Crippen molar-refractivity contribution < 1.29 is 9.59 Å². The molecule has 1 unspecified atom stereocenters. The molecule has 1 aliphatic heterocycles. The first kappa shape index (κ1) is 19.1. The summed E-state index contributed by atoms with van der Waals surface area (Å²) in [4.78, 5) is 31.0. The molecule has 1 aromatic carbocycles. The van der Waals surface area contributed by atoms with Gasteiger partial charge in [0.05, 0.1) is 0 Å². The molecule has 1 saturated heterocycles. The van der Waals surface area contributed by atoms with Crippen LogP contribution in [0.3, 0.4) is 0 Å². The molecule has 0 aliphatic carbocycles. The maximum absolute atomic E-state index is 13.0. The Balaban J connectivity index is 1.66. The topological polar surface area (TPSA) is 62.3 Å². The first-order chi connectivity index (χ1) is 13.0. The number of nitrogens with one attached hydrogen (secondary N) is 1. The average molecular weight is 365 g/mol. The van der Waals surface area contributed by atoms with Gasteiger partial charge in [0.25, 0.3) is 5.91 Å². The highest BCUT2D eigenvalue weighted by molar-refractivity contribution is 5.97. The normalized spacial score (nSPS) is 16.6. The number of rotatable bonds is 6. The molecular formula is C22H27N3O2. The zero-order valence-electron chi connectivity index (χ0n) is 16.0. The highest BCUT2D eigenvalue weighted by Crippen LogP contribution is 2.24. The maximum Gasteiger partial charge on any atom is 0.254 e. The third-order valence-corrected chi connectivity index (χ3v) is 5.03. The van der Waals surface area contributed by atoms with Crippen molar-refractivity contribution in [2.75, 3.05) is 11.9 Å². The van der Waals surface area contributed by atoms with Gasteiger partial charge in [-0.3, -0.25) is 9.59 Å². The number of likely N-dealkylation sites (tertiary alicyclic amines) is 1. The molecule has 1 N–H and O–H groups in total. The second-order valence-corrected chi connectivity index (χ2v) is 7.39. The fourth-order valence-electron chi connectivity index (χ4n) is 3.45. The molecular weight excluding hydrogens is 338 g/mol. The zero-order chi connectivity index (χ0) is 19.2. The van der Waals surface area contributed by atoms with E-state index in [-0.39, 0.29) is 23.8 Å². The number of amides is 2. The van der Waals surface area contributed by atoms with Crippen LogP contribution >= 0.6 is 0 Å². The Morgan fingerprint density at radius 3 is 2.74 bits per heavy atom. The van der Waals surface area contributed by atoms with Crippen molar-refractivity contribution in [2.24, 2.45) is 5.92 Å². The summed E-state index contributed by atoms with van der Waals surface area (Å²) in [5.41, 5.74) is 1.88. The van der Waals surface area contributed by atoms with Crippen molar-refractivity contribution >= 4 is 17.6 Å². The Kier molecular flexibility index (Phi) is 6.22. The number of benzene rings is 1. The third-order valence-electron chi connectivity index (χ3n) is 5.03. The van der Waals surface area contributed by atoms with Gasteiger partial charge in [-0.05, 0) is 43.4 Å². The highest BCUT2D eigenvalue weighted by Gasteiger charge is 2.29. The Hall–Kier alpha value is -2.69. The lowest BCUT2D eigenvalue weighted by molar-refractivity contribution is -0.118. The van der Waals surface area contributed by atoms with Crippen molar-refractivity contribution in [2.45, 2.75) is 45.6 Å². The van der Waals surface area contributed by atoms with E-state index in [1.807, 2.05) is 24.8 Å². The Morgan fingerprint density at radius 2 is 2.00 bits per heavy atom. The van der Waals surface area contributed by atoms with Crippen LogP contribution < -0.4 is 5.32 Å². The molecule has 1 aliphatic rings. The fraction of sp³-hybridized carbons (Fsp3) is 0.409. The van der Waals surface area contributed by atoms with Crippen molar-refractivity contribution in [1.82, 2.24) is 9.88 Å². The summed E-state index contributed by atoms with van der Waals surface area (Å²) in [6.45, 7) is 4.44. The SMILES string of the molecule is CC(C)C(=O)Nc1cc(C(=O)N2CCCC2CCc2ccccc2)ccn1. The van der Waals surface area contributed by atoms with Crippen molar-refractivity contribution in [3.05, 3.63) is 59.8 Å². The molecule has 0 radical (unpaired) electrons. The summed E-state index contributed by atoms with van der Waals surface area (Å²) in [6, 6.07) is 14.1. The van der Waals surface area contributed by atoms with Crippen molar-refractivity contribution in [1.29, 1.82) is 0 Å². The van der Waals surface area contributed by atoms with Gasteiger partial charge in [-0.15, -0.1) is 0 Å². The van der Waals surface area contributed by atoms with E-state index in [1.54, 1.807) is 18.3 Å². The molecule has 5 heteroatoms. The summed E-state index contributed by atoms with van der Waals surface area (Å²) in [6.07, 6.45) is 5.60. The molecule has 5 nitrogen and oxygen atoms in total. The lowest BCUT2D eigenvalue weighted by Gasteiger charge is -2.25. The van der Waals surface area contributed by atoms with E-state index in [2.05, 4.69) is 34.6 Å². The molecule has 0 bridgehead atoms. The van der Waals surface area contributed by atoms with E-state index in [9.17, 15) is 9.59 Å². The molecule has 2 heterocycles. The van der Waals surface area contributed by atoms with E-state index in [1.165, 1.54) is 5.56 Å². The molecule has 1 aromatic heterocycles. The lowest BCUT2D eigenvalue weighted by atomic mass is 10.0. The quantitative estimate of drug-likeness (QED) is 0.844. The monoisotopic (exact) mass is 365 g/mol. The number of nitrogens with zero attached hydrogens (tertiary/aromatic N) is 2. The summed E-state index contributed by atoms with van der Waals surface area (Å²) >= 11 is 0. The van der Waals surface area contributed by atoms with Crippen LogP contribution in [0.15, 0.2) is 48.7 Å². The van der Waals surface area contributed by atoms with Gasteiger partial charge in [0.2, 0.25) is 5.91 Å². The number of aromatic nitrogens is 1. The van der Waals surface area contributed by atoms with Crippen molar-refractivity contribution in [3.63, 3.8) is 0 Å². The fourth-order valence-corrected chi connectivity index (χ4v) is 3.45. The minimum absolute atomic E-state index is 0.0213. The average Bonchev–Trinajstić information content (AvgIpc) is 3.15. The van der Waals surface area contributed by atoms with E-state index in [0.29, 0.717) is 11.4 Å². The standard InChI is InChI=1S/C22H27N3O2/c1-16(2)21(26)24-20-15-18(12-13-23-20)22(27)25-14-6-9-19(25)11-10-17-7-4-3-5-8-17/h3-5,7-8,12-13,15-16,19H,6,9-11,14H2,1-2H3,(H,23,24,26). The van der Waals surface area contributed by atoms with Gasteiger partial charge in [-0.25, -0.2) is 4.98 Å². The van der Waals surface area contributed by atoms with E-state index >= 15 is 0 Å². The number of hydrogen-bond donors (Lipinski definition) is 1. The molecule has 142 valence electrons. The predicted molar refractivity (Wildman–Crippen MR) is 107 cm³/mol. The van der Waals surface area contributed by atoms with Gasteiger partial charge in [0, 0.05) is 30.3 Å². The van der Waals surface area contributed by atoms with Gasteiger partial charge in [0.1, 0.15) is 5.82 Å². The number of carbonyl (C=O) groups excluding carboxylic acids is 2. The van der Waals surface area contributed by atoms with Crippen LogP contribution in [0.2, 0.25) is 0 Å². The molecule has 1 atom stereocenters. The summed E-state index contributed by atoms with van der Waals surface area (Å²) < 4.78 is 0. The predicted octanol–water partition coefficient (Wildman–Crippen LogP) is 3.91. The number of aryl methyl sites for hydroxylation is 1. The van der Waals surface area contributed by atoms with Crippen LogP contribution in [0.1, 0.15) is 49.0 Å². The minimum atomic E-state index is -0.132. The van der Waals surface area contributed by atoms with Gasteiger partial charge in [-0.1, -0.05) is 44.2 Å². The number of pyridine rings is 1. The molecule has 27 heavy (non-hydrogen) atoms. The first-order valence-electron chi connectivity index (χ1n) is 9.66. The van der Waals surface area contributed by atoms with Crippen LogP contribution in [0, 0.1) is 5.92 Å². The van der Waals surface area contributed by atoms with Gasteiger partial charge in [-0.2, -0.15) is 0 Å². The second kappa shape index (κ2) is 8.80. The Bertz CT molecular complexity index is 789. The summed E-state index contributed by atoms with van der Waals surface area (Å²) in [5.74, 6) is 0.216. The van der Waals surface area contributed by atoms with E-state index < -0.39 is 0 Å². The number of hydrogen-bond acceptors (Lipinski definition) is 3. The maximum atomic E-state index is 13.0. The number of carbonyl (C=O) groups is 2. The smallest absolute Gasteiger partial charge is 0.254 e. The van der Waals surface area contributed by atoms with Crippen LogP contribution in [-0.4, -0.2) is 34.3 Å². The lowest BCUT2D eigenvalue weighted by Crippen LogP contribution is -2.36. The summed E-state index contributed by atoms with van der Waals surface area (Å²) in [5, 5.41) is 2.76. The Morgan fingerprint density at radius 1 is 1.22 bits per heavy atom. The zero-order valence-corrected chi connectivity index (χ0v) is 16.0. The largest absolute Gasteiger partial charge is 0.336 e. The van der Waals surface area contributed by atoms with Crippen LogP contribution in [0.5, 0.6) is 0 Å². The van der Waals surface area contributed by atoms with Crippen LogP contribution in [0.25, 0.3) is 0 Å². The third kappa shape index (κ3) is 4.94. The highest BCUT2D eigenvalue weighted by atomic mass is 16.2. The molecule has 0 saturated carbocycles. The molecule has 2 aromatic rings. The van der Waals surface area contributed by atoms with E-state index in [0.717, 1.165) is 32.2 Å².